The third kappa shape index (κ3) is 50.0. The van der Waals surface area contributed by atoms with E-state index in [-0.39, 0.29) is 147 Å². The molecule has 0 atom stereocenters. The number of amides is 3. The molecule has 11 rings (SSSR count). The second-order valence-corrected chi connectivity index (χ2v) is 44.2. The van der Waals surface area contributed by atoms with Crippen LogP contribution in [0.15, 0.2) is 330 Å². The lowest BCUT2D eigenvalue weighted by Crippen LogP contribution is -2.35. The molecule has 0 radical (unpaired) electrons. The molecule has 148 heavy (non-hydrogen) atoms. The summed E-state index contributed by atoms with van der Waals surface area (Å²) in [5.41, 5.74) is 26.6. The predicted molar refractivity (Wildman–Crippen MR) is 574 cm³/mol. The Labute approximate surface area is 872 Å². The minimum atomic E-state index is -3.76. The molecule has 0 bridgehead atoms. The number of azo groups is 5. The molecule has 1 aliphatic rings. The fraction of sp³-hybridized carbons (Fsp3) is 0.305. The topological polar surface area (TPSA) is 623 Å². The molecule has 53 heteroatoms. The van der Waals surface area contributed by atoms with Crippen LogP contribution in [0.25, 0.3) is 0 Å². The number of anilines is 5. The number of hydrogen-bond acceptors (Lipinski definition) is 38. The standard InChI is InChI=1S/C25H30N6O6S.C19H24N4O5S.C18H24N4O4S.C16H21N5O2S.C14H14ClN3O2S.C2H8N2.CH3ClO2S/c1-30(2)21-7-3-19(4-8-21)28-29-20-5-9-22(10-6-20)38(35,36)27-15-14-26-23(32)13-17-37-18-16-31-24(33)11-12-25(31)34;1-23(2)17-7-3-15(4-8-17)21-22-16-5-9-18(10-6-16)29(26,27)20-12-14-28-13-11-19(24)25;1-22(2)17-7-3-15(4-8-17)20-21-16-5-9-18(10-6-16)27(24,25)19-11-13-26-14-12-23;1-21(2)15-7-3-13(4-8-15)19-20-14-5-9-16(10-6-14)24(22,23)18-12-11-17;1-18(2)13-7-3-11(4-8-13)16-17-12-5-9-14(10-6-12)21(15,19)20;3-1-2-4;1-5(2,3)4/h3-12,27H,13-18H2,1-2H3,(H,26,32);3-10,20H,11-14H2,1-2H3,(H,24,25);3-10,19,23H,11-14H2,1-2H3;3-10,18H,11-12,17H2,1-2H3;3-10H,1-2H3;1-4H2;1H3. The number of hydrogen-bond donors (Lipinski definition) is 10. The van der Waals surface area contributed by atoms with Crippen molar-refractivity contribution < 1.29 is 94.1 Å². The molecule has 13 N–H and O–H groups in total. The number of ether oxygens (including phenoxy) is 3. The van der Waals surface area contributed by atoms with Gasteiger partial charge in [-0.15, -0.1) is 0 Å². The van der Waals surface area contributed by atoms with E-state index in [4.69, 9.17) is 52.3 Å². The first-order valence-electron chi connectivity index (χ1n) is 44.8. The molecule has 0 spiro atoms. The molecule has 45 nitrogen and oxygen atoms in total. The number of aliphatic hydroxyl groups is 1. The number of rotatable bonds is 47. The maximum atomic E-state index is 12.5. The minimum Gasteiger partial charge on any atom is -0.481 e. The zero-order chi connectivity index (χ0) is 109. The van der Waals surface area contributed by atoms with Crippen LogP contribution in [0.1, 0.15) is 12.8 Å². The first-order chi connectivity index (χ1) is 70.0. The molecule has 10 aromatic carbocycles. The number of nitrogens with two attached hydrogens (primary N) is 3. The second kappa shape index (κ2) is 64.9. The Kier molecular flexibility index (Phi) is 54.9. The normalized spacial score (nSPS) is 12.1. The van der Waals surface area contributed by atoms with Crippen molar-refractivity contribution in [3.63, 3.8) is 0 Å². The van der Waals surface area contributed by atoms with Gasteiger partial charge >= 0.3 is 5.97 Å². The fourth-order valence-electron chi connectivity index (χ4n) is 11.1. The number of aliphatic carboxylic acids is 1. The van der Waals surface area contributed by atoms with Crippen LogP contribution in [-0.2, 0) is 91.6 Å². The number of nitrogens with zero attached hydrogens (tertiary/aromatic N) is 16. The van der Waals surface area contributed by atoms with Crippen molar-refractivity contribution in [3.8, 4) is 0 Å². The van der Waals surface area contributed by atoms with Gasteiger partial charge in [-0.25, -0.2) is 69.4 Å². The van der Waals surface area contributed by atoms with E-state index in [0.29, 0.717) is 58.6 Å². The first kappa shape index (κ1) is 125. The van der Waals surface area contributed by atoms with Gasteiger partial charge in [0.25, 0.3) is 20.9 Å². The quantitative estimate of drug-likeness (QED) is 0.00733. The average Bonchev–Trinajstić information content (AvgIpc) is 1.41. The first-order valence-corrected chi connectivity index (χ1v) is 55.8. The van der Waals surface area contributed by atoms with E-state index in [2.05, 4.69) is 86.0 Å². The van der Waals surface area contributed by atoms with Crippen molar-refractivity contribution in [2.45, 2.75) is 37.3 Å². The molecule has 0 saturated heterocycles. The Morgan fingerprint density at radius 1 is 0.318 bits per heavy atom. The van der Waals surface area contributed by atoms with Gasteiger partial charge in [-0.05, 0) is 243 Å². The molecule has 1 aliphatic heterocycles. The number of sulfonamides is 4. The van der Waals surface area contributed by atoms with Crippen molar-refractivity contribution >= 4 is 189 Å². The van der Waals surface area contributed by atoms with E-state index in [1.54, 1.807) is 60.7 Å². The van der Waals surface area contributed by atoms with Gasteiger partial charge < -0.3 is 71.4 Å². The highest BCUT2D eigenvalue weighted by molar-refractivity contribution is 8.13. The van der Waals surface area contributed by atoms with Crippen molar-refractivity contribution in [2.75, 3.05) is 206 Å². The molecule has 1 heterocycles. The van der Waals surface area contributed by atoms with E-state index >= 15 is 0 Å². The van der Waals surface area contributed by atoms with Gasteiger partial charge in [-0.1, -0.05) is 0 Å². The van der Waals surface area contributed by atoms with Crippen LogP contribution in [0.2, 0.25) is 0 Å². The lowest BCUT2D eigenvalue weighted by Gasteiger charge is -2.13. The van der Waals surface area contributed by atoms with E-state index in [1.165, 1.54) is 72.8 Å². The molecule has 3 amide bonds. The average molecular weight is 2200 g/mol. The van der Waals surface area contributed by atoms with Crippen molar-refractivity contribution in [1.82, 2.24) is 29.1 Å². The summed E-state index contributed by atoms with van der Waals surface area (Å²) in [7, 11) is 7.83. The third-order valence-electron chi connectivity index (χ3n) is 18.9. The monoisotopic (exact) mass is 2200 g/mol. The summed E-state index contributed by atoms with van der Waals surface area (Å²) >= 11 is 0. The second-order valence-electron chi connectivity index (χ2n) is 31.6. The van der Waals surface area contributed by atoms with Gasteiger partial charge in [-0.2, -0.15) is 51.1 Å². The summed E-state index contributed by atoms with van der Waals surface area (Å²) in [6, 6.07) is 68.1. The van der Waals surface area contributed by atoms with Gasteiger partial charge in [-0.3, -0.25) is 24.1 Å². The van der Waals surface area contributed by atoms with E-state index in [9.17, 15) is 69.7 Å². The van der Waals surface area contributed by atoms with E-state index in [1.807, 2.05) is 216 Å². The van der Waals surface area contributed by atoms with Gasteiger partial charge in [0.1, 0.15) is 0 Å². The Balaban J connectivity index is 0.000000322. The number of benzene rings is 10. The molecule has 0 unspecified atom stereocenters. The summed E-state index contributed by atoms with van der Waals surface area (Å²) < 4.78 is 164. The van der Waals surface area contributed by atoms with Crippen LogP contribution < -0.4 is 65.9 Å². The van der Waals surface area contributed by atoms with Crippen LogP contribution in [-0.4, -0.2) is 271 Å². The Hall–Kier alpha value is -13.1. The SMILES string of the molecule is CN(C)c1ccc(N=Nc2ccc(S(=O)(=O)Cl)cc2)cc1.CN(C)c1ccc(N=Nc2ccc(S(=O)(=O)NCCN)cc2)cc1.CN(C)c1ccc(N=Nc2ccc(S(=O)(=O)NCCNC(=O)CCOCCN3C(=O)C=CC3=O)cc2)cc1.CN(C)c1ccc(N=Nc2ccc(S(=O)(=O)NCCOCCC(=O)O)cc2)cc1.CN(C)c1ccc(N=Nc2ccc(S(=O)(=O)NCCOCCO)cc2)cc1.CS(=O)(=O)Cl.NCCN. The van der Waals surface area contributed by atoms with Crippen LogP contribution in [0, 0.1) is 0 Å². The number of carbonyl (C=O) groups excluding carboxylic acids is 3. The largest absolute Gasteiger partial charge is 0.481 e. The maximum Gasteiger partial charge on any atom is 0.305 e. The van der Waals surface area contributed by atoms with Crippen LogP contribution in [0.5, 0.6) is 0 Å². The zero-order valence-corrected chi connectivity index (χ0v) is 89.6. The van der Waals surface area contributed by atoms with Crippen LogP contribution in [0.4, 0.5) is 85.3 Å². The number of halogens is 2. The van der Waals surface area contributed by atoms with Gasteiger partial charge in [0.15, 0.2) is 0 Å². The Morgan fingerprint density at radius 3 is 0.770 bits per heavy atom. The highest BCUT2D eigenvalue weighted by Gasteiger charge is 2.24. The zero-order valence-electron chi connectivity index (χ0n) is 83.2. The minimum absolute atomic E-state index is 0.00547. The number of imide groups is 1. The molecule has 0 aromatic heterocycles. The molecule has 10 aromatic rings. The number of carboxylic acid groups (broad SMARTS) is 1. The molecule has 800 valence electrons. The van der Waals surface area contributed by atoms with Gasteiger partial charge in [0.2, 0.25) is 55.1 Å². The molecule has 0 fully saturated rings. The summed E-state index contributed by atoms with van der Waals surface area (Å²) in [5.74, 6) is -2.05. The van der Waals surface area contributed by atoms with E-state index < -0.39 is 64.2 Å². The summed E-state index contributed by atoms with van der Waals surface area (Å²) in [6.07, 6.45) is 3.25. The number of aliphatic hydroxyl groups excluding tert-OH is 1. The van der Waals surface area contributed by atoms with Gasteiger partial charge in [0, 0.05) is 191 Å². The predicted octanol–water partition coefficient (Wildman–Crippen LogP) is 12.9. The lowest BCUT2D eigenvalue weighted by molar-refractivity contribution is -0.139. The number of carbonyl (C=O) groups is 4. The highest BCUT2D eigenvalue weighted by Crippen LogP contribution is 2.30. The van der Waals surface area contributed by atoms with Crippen LogP contribution in [0.3, 0.4) is 0 Å². The Bertz CT molecular complexity index is 6680. The van der Waals surface area contributed by atoms with Crippen molar-refractivity contribution in [3.05, 3.63) is 255 Å². The molecular weight excluding hydrogens is 2080 g/mol. The van der Waals surface area contributed by atoms with E-state index in [0.717, 1.165) is 51.0 Å². The number of carboxylic acids is 1. The molecule has 0 aliphatic carbocycles. The highest BCUT2D eigenvalue weighted by atomic mass is 35.7. The summed E-state index contributed by atoms with van der Waals surface area (Å²) in [6.45, 7) is 2.67. The van der Waals surface area contributed by atoms with Crippen LogP contribution >= 0.6 is 21.4 Å². The lowest BCUT2D eigenvalue weighted by atomic mass is 10.3. The maximum absolute atomic E-state index is 12.5. The number of nitrogens with one attached hydrogen (secondary N) is 5. The Morgan fingerprint density at radius 2 is 0.541 bits per heavy atom. The van der Waals surface area contributed by atoms with Crippen molar-refractivity contribution in [1.29, 1.82) is 0 Å². The van der Waals surface area contributed by atoms with Gasteiger partial charge in [0.05, 0.1) is 147 Å². The smallest absolute Gasteiger partial charge is 0.305 e. The van der Waals surface area contributed by atoms with Crippen molar-refractivity contribution in [2.24, 2.45) is 68.3 Å². The molecule has 0 saturated carbocycles. The molecular formula is C95H124Cl2N24O21S6. The third-order valence-corrected chi connectivity index (χ3v) is 26.2. The summed E-state index contributed by atoms with van der Waals surface area (Å²) in [5, 5.41) is 60.9. The fourth-order valence-corrected chi connectivity index (χ4v) is 16.0. The summed E-state index contributed by atoms with van der Waals surface area (Å²) in [4.78, 5) is 56.6.